The molecule has 0 radical (unpaired) electrons. The molecule has 1 aromatic carbocycles. The molecule has 2 amide bonds. The van der Waals surface area contributed by atoms with Crippen molar-refractivity contribution >= 4 is 17.7 Å². The van der Waals surface area contributed by atoms with Crippen LogP contribution in [0.5, 0.6) is 5.75 Å². The Morgan fingerprint density at radius 1 is 1.38 bits per heavy atom. The van der Waals surface area contributed by atoms with Crippen LogP contribution in [0.4, 0.5) is 10.5 Å². The molecular weight excluding hydrogens is 272 g/mol. The number of carboxylic acid groups (broad SMARTS) is 1. The molecule has 1 saturated carbocycles. The fraction of sp³-hybridized carbons (Fsp3) is 0.467. The molecule has 1 unspecified atom stereocenters. The molecule has 1 atom stereocenters. The molecule has 2 rings (SSSR count). The van der Waals surface area contributed by atoms with Crippen LogP contribution >= 0.6 is 0 Å². The molecule has 114 valence electrons. The first kappa shape index (κ1) is 15.2. The molecule has 6 nitrogen and oxygen atoms in total. The van der Waals surface area contributed by atoms with E-state index in [0.717, 1.165) is 12.8 Å². The maximum Gasteiger partial charge on any atom is 0.329 e. The minimum absolute atomic E-state index is 0.0112. The van der Waals surface area contributed by atoms with Gasteiger partial charge in [0.2, 0.25) is 0 Å². The van der Waals surface area contributed by atoms with Crippen molar-refractivity contribution < 1.29 is 19.4 Å². The topological polar surface area (TPSA) is 87.7 Å². The van der Waals surface area contributed by atoms with Crippen LogP contribution in [0.2, 0.25) is 0 Å². The first-order chi connectivity index (χ1) is 9.97. The van der Waals surface area contributed by atoms with E-state index in [9.17, 15) is 14.7 Å². The molecule has 6 heteroatoms. The predicted octanol–water partition coefficient (Wildman–Crippen LogP) is 2.46. The number of rotatable bonds is 6. The third kappa shape index (κ3) is 3.45. The van der Waals surface area contributed by atoms with E-state index in [1.807, 2.05) is 6.92 Å². The van der Waals surface area contributed by atoms with E-state index in [2.05, 4.69) is 10.6 Å². The summed E-state index contributed by atoms with van der Waals surface area (Å²) in [6.45, 7) is 3.88. The number of benzene rings is 1. The Morgan fingerprint density at radius 2 is 2.05 bits per heavy atom. The number of carbonyl (C=O) groups is 2. The lowest BCUT2D eigenvalue weighted by Gasteiger charge is -2.26. The van der Waals surface area contributed by atoms with Crippen molar-refractivity contribution in [2.24, 2.45) is 5.92 Å². The second-order valence-electron chi connectivity index (χ2n) is 5.29. The van der Waals surface area contributed by atoms with Crippen LogP contribution in [-0.4, -0.2) is 29.3 Å². The Kier molecular flexibility index (Phi) is 4.35. The summed E-state index contributed by atoms with van der Waals surface area (Å²) >= 11 is 0. The molecule has 1 aliphatic rings. The number of anilines is 1. The molecule has 3 N–H and O–H groups in total. The lowest BCUT2D eigenvalue weighted by atomic mass is 9.96. The van der Waals surface area contributed by atoms with E-state index < -0.39 is 17.5 Å². The van der Waals surface area contributed by atoms with Crippen molar-refractivity contribution in [3.05, 3.63) is 24.3 Å². The maximum absolute atomic E-state index is 12.1. The van der Waals surface area contributed by atoms with Crippen LogP contribution < -0.4 is 15.4 Å². The van der Waals surface area contributed by atoms with Gasteiger partial charge < -0.3 is 20.5 Å². The lowest BCUT2D eigenvalue weighted by molar-refractivity contribution is -0.144. The average molecular weight is 292 g/mol. The van der Waals surface area contributed by atoms with Gasteiger partial charge in [-0.2, -0.15) is 0 Å². The minimum atomic E-state index is -1.23. The second kappa shape index (κ2) is 6.03. The number of carboxylic acids is 1. The summed E-state index contributed by atoms with van der Waals surface area (Å²) in [4.78, 5) is 23.5. The summed E-state index contributed by atoms with van der Waals surface area (Å²) in [6, 6.07) is 6.49. The number of ether oxygens (including phenoxy) is 1. The summed E-state index contributed by atoms with van der Waals surface area (Å²) in [7, 11) is 0. The molecule has 1 aliphatic carbocycles. The number of urea groups is 1. The van der Waals surface area contributed by atoms with Crippen LogP contribution in [0, 0.1) is 5.92 Å². The van der Waals surface area contributed by atoms with Gasteiger partial charge >= 0.3 is 12.0 Å². The first-order valence-electron chi connectivity index (χ1n) is 7.01. The average Bonchev–Trinajstić information content (AvgIpc) is 3.25. The third-order valence-corrected chi connectivity index (χ3v) is 3.65. The lowest BCUT2D eigenvalue weighted by Crippen LogP contribution is -2.55. The first-order valence-corrected chi connectivity index (χ1v) is 7.01. The smallest absolute Gasteiger partial charge is 0.329 e. The standard InChI is InChI=1S/C15H20N2O4/c1-3-21-12-7-5-4-6-11(12)16-14(20)17-15(2,13(18)19)10-8-9-10/h4-7,10H,3,8-9H2,1-2H3,(H,18,19)(H2,16,17,20). The summed E-state index contributed by atoms with van der Waals surface area (Å²) in [5.74, 6) is -0.472. The Morgan fingerprint density at radius 3 is 2.62 bits per heavy atom. The summed E-state index contributed by atoms with van der Waals surface area (Å²) in [6.07, 6.45) is 1.64. The van der Waals surface area contributed by atoms with Gasteiger partial charge in [-0.05, 0) is 44.7 Å². The monoisotopic (exact) mass is 292 g/mol. The highest BCUT2D eigenvalue weighted by molar-refractivity contribution is 5.95. The van der Waals surface area contributed by atoms with Crippen molar-refractivity contribution in [2.45, 2.75) is 32.2 Å². The Hall–Kier alpha value is -2.24. The number of nitrogens with one attached hydrogen (secondary N) is 2. The van der Waals surface area contributed by atoms with Crippen LogP contribution in [0.3, 0.4) is 0 Å². The maximum atomic E-state index is 12.1. The van der Waals surface area contributed by atoms with E-state index in [0.29, 0.717) is 18.0 Å². The molecule has 0 saturated heterocycles. The highest BCUT2D eigenvalue weighted by Gasteiger charge is 2.48. The molecule has 0 spiro atoms. The highest BCUT2D eigenvalue weighted by atomic mass is 16.5. The zero-order valence-electron chi connectivity index (χ0n) is 12.2. The quantitative estimate of drug-likeness (QED) is 0.751. The van der Waals surface area contributed by atoms with E-state index in [-0.39, 0.29) is 5.92 Å². The van der Waals surface area contributed by atoms with Gasteiger partial charge in [0.15, 0.2) is 0 Å². The summed E-state index contributed by atoms with van der Waals surface area (Å²) in [5, 5.41) is 14.5. The predicted molar refractivity (Wildman–Crippen MR) is 78.5 cm³/mol. The van der Waals surface area contributed by atoms with E-state index >= 15 is 0 Å². The van der Waals surface area contributed by atoms with Gasteiger partial charge in [-0.3, -0.25) is 0 Å². The normalized spacial score (nSPS) is 16.7. The van der Waals surface area contributed by atoms with Gasteiger partial charge in [0.05, 0.1) is 12.3 Å². The van der Waals surface area contributed by atoms with E-state index in [1.54, 1.807) is 31.2 Å². The fourth-order valence-electron chi connectivity index (χ4n) is 2.23. The number of para-hydroxylation sites is 2. The number of hydrogen-bond donors (Lipinski definition) is 3. The summed E-state index contributed by atoms with van der Waals surface area (Å²) < 4.78 is 5.42. The van der Waals surface area contributed by atoms with Gasteiger partial charge in [0, 0.05) is 0 Å². The molecule has 21 heavy (non-hydrogen) atoms. The molecule has 1 fully saturated rings. The number of aliphatic carboxylic acids is 1. The Labute approximate surface area is 123 Å². The Bertz CT molecular complexity index is 542. The van der Waals surface area contributed by atoms with Gasteiger partial charge in [-0.1, -0.05) is 12.1 Å². The molecule has 1 aromatic rings. The van der Waals surface area contributed by atoms with Crippen LogP contribution in [-0.2, 0) is 4.79 Å². The largest absolute Gasteiger partial charge is 0.492 e. The van der Waals surface area contributed by atoms with Crippen molar-refractivity contribution in [2.75, 3.05) is 11.9 Å². The number of amides is 2. The number of hydrogen-bond acceptors (Lipinski definition) is 3. The van der Waals surface area contributed by atoms with E-state index in [4.69, 9.17) is 4.74 Å². The van der Waals surface area contributed by atoms with Crippen LogP contribution in [0.15, 0.2) is 24.3 Å². The van der Waals surface area contributed by atoms with Crippen molar-refractivity contribution in [1.29, 1.82) is 0 Å². The molecule has 0 aromatic heterocycles. The van der Waals surface area contributed by atoms with Crippen molar-refractivity contribution in [3.63, 3.8) is 0 Å². The van der Waals surface area contributed by atoms with Crippen LogP contribution in [0.1, 0.15) is 26.7 Å². The van der Waals surface area contributed by atoms with Crippen molar-refractivity contribution in [1.82, 2.24) is 5.32 Å². The Balaban J connectivity index is 2.06. The van der Waals surface area contributed by atoms with Gasteiger partial charge in [-0.15, -0.1) is 0 Å². The van der Waals surface area contributed by atoms with Crippen molar-refractivity contribution in [3.8, 4) is 5.75 Å². The molecule has 0 aliphatic heterocycles. The SMILES string of the molecule is CCOc1ccccc1NC(=O)NC(C)(C(=O)O)C1CC1. The fourth-order valence-corrected chi connectivity index (χ4v) is 2.23. The van der Waals surface area contributed by atoms with Gasteiger partial charge in [0.25, 0.3) is 0 Å². The highest BCUT2D eigenvalue weighted by Crippen LogP contribution is 2.39. The van der Waals surface area contributed by atoms with Gasteiger partial charge in [-0.25, -0.2) is 9.59 Å². The third-order valence-electron chi connectivity index (χ3n) is 3.65. The minimum Gasteiger partial charge on any atom is -0.492 e. The van der Waals surface area contributed by atoms with Gasteiger partial charge in [0.1, 0.15) is 11.3 Å². The second-order valence-corrected chi connectivity index (χ2v) is 5.29. The van der Waals surface area contributed by atoms with Crippen LogP contribution in [0.25, 0.3) is 0 Å². The molecule has 0 heterocycles. The van der Waals surface area contributed by atoms with E-state index in [1.165, 1.54) is 0 Å². The summed E-state index contributed by atoms with van der Waals surface area (Å²) in [5.41, 5.74) is -0.717. The zero-order chi connectivity index (χ0) is 15.5. The number of carbonyl (C=O) groups excluding carboxylic acids is 1. The molecular formula is C15H20N2O4. The molecule has 0 bridgehead atoms. The zero-order valence-corrected chi connectivity index (χ0v) is 12.2.